The molecule has 0 aromatic rings. The normalized spacial score (nSPS) is 21.2. The van der Waals surface area contributed by atoms with E-state index in [0.717, 1.165) is 0 Å². The summed E-state index contributed by atoms with van der Waals surface area (Å²) in [6.07, 6.45) is -1.97. The molecule has 0 radical (unpaired) electrons. The molecule has 3 nitrogen and oxygen atoms in total. The maximum Gasteiger partial charge on any atom is 0.407 e. The van der Waals surface area contributed by atoms with Crippen molar-refractivity contribution in [2.75, 3.05) is 0 Å². The summed E-state index contributed by atoms with van der Waals surface area (Å²) in [5.41, 5.74) is -0.399. The summed E-state index contributed by atoms with van der Waals surface area (Å²) < 4.78 is 29.5. The van der Waals surface area contributed by atoms with E-state index in [2.05, 4.69) is 5.32 Å². The summed E-state index contributed by atoms with van der Waals surface area (Å²) in [5.74, 6) is -2.65. The molecule has 1 aliphatic carbocycles. The Hall–Kier alpha value is -0.870. The highest BCUT2D eigenvalue weighted by Gasteiger charge is 2.47. The highest BCUT2D eigenvalue weighted by Crippen LogP contribution is 2.39. The van der Waals surface area contributed by atoms with Crippen molar-refractivity contribution in [1.82, 2.24) is 5.32 Å². The molecule has 0 heterocycles. The molecule has 1 fully saturated rings. The molecule has 0 spiro atoms. The number of ether oxygens (including phenoxy) is 1. The minimum atomic E-state index is -2.65. The van der Waals surface area contributed by atoms with Crippen LogP contribution in [-0.2, 0) is 4.74 Å². The van der Waals surface area contributed by atoms with Gasteiger partial charge in [-0.1, -0.05) is 0 Å². The number of alkyl halides is 2. The van der Waals surface area contributed by atoms with Gasteiger partial charge in [0, 0.05) is 18.4 Å². The van der Waals surface area contributed by atoms with Crippen LogP contribution in [0.4, 0.5) is 13.6 Å². The number of nitrogens with one attached hydrogen (secondary N) is 1. The molecule has 0 bridgehead atoms. The van der Waals surface area contributed by atoms with Gasteiger partial charge in [-0.15, -0.1) is 0 Å². The zero-order valence-electron chi connectivity index (χ0n) is 8.56. The summed E-state index contributed by atoms with van der Waals surface area (Å²) in [4.78, 5) is 11.1. The molecule has 82 valence electrons. The van der Waals surface area contributed by atoms with Crippen molar-refractivity contribution in [2.24, 2.45) is 0 Å². The van der Waals surface area contributed by atoms with Crippen LogP contribution in [0.15, 0.2) is 0 Å². The lowest BCUT2D eigenvalue weighted by Gasteiger charge is -2.34. The number of carbonyl (C=O) groups excluding carboxylic acids is 1. The first-order chi connectivity index (χ1) is 6.18. The number of rotatable bonds is 1. The molecule has 1 amide bonds. The predicted molar refractivity (Wildman–Crippen MR) is 47.3 cm³/mol. The zero-order chi connectivity index (χ0) is 11.0. The SMILES string of the molecule is CC(C)(C)NC(=O)OC1CC(F)(F)C1. The van der Waals surface area contributed by atoms with Crippen LogP contribution in [-0.4, -0.2) is 23.7 Å². The first-order valence-electron chi connectivity index (χ1n) is 4.55. The molecule has 1 saturated carbocycles. The summed E-state index contributed by atoms with van der Waals surface area (Å²) in [5, 5.41) is 2.54. The van der Waals surface area contributed by atoms with E-state index in [0.29, 0.717) is 0 Å². The highest BCUT2D eigenvalue weighted by molar-refractivity contribution is 5.68. The van der Waals surface area contributed by atoms with Crippen molar-refractivity contribution in [3.05, 3.63) is 0 Å². The number of hydrogen-bond acceptors (Lipinski definition) is 2. The van der Waals surface area contributed by atoms with Crippen molar-refractivity contribution in [1.29, 1.82) is 0 Å². The Morgan fingerprint density at radius 1 is 1.43 bits per heavy atom. The van der Waals surface area contributed by atoms with Crippen LogP contribution in [0.1, 0.15) is 33.6 Å². The third-order valence-corrected chi connectivity index (χ3v) is 1.80. The molecule has 0 aliphatic heterocycles. The summed E-state index contributed by atoms with van der Waals surface area (Å²) in [7, 11) is 0. The molecule has 0 atom stereocenters. The minimum Gasteiger partial charge on any atom is -0.446 e. The fraction of sp³-hybridized carbons (Fsp3) is 0.889. The smallest absolute Gasteiger partial charge is 0.407 e. The number of carbonyl (C=O) groups is 1. The van der Waals surface area contributed by atoms with Gasteiger partial charge in [-0.2, -0.15) is 0 Å². The third kappa shape index (κ3) is 3.47. The second-order valence-corrected chi connectivity index (χ2v) is 4.67. The van der Waals surface area contributed by atoms with Crippen molar-refractivity contribution in [3.8, 4) is 0 Å². The molecule has 0 unspecified atom stereocenters. The van der Waals surface area contributed by atoms with Crippen LogP contribution in [0.25, 0.3) is 0 Å². The van der Waals surface area contributed by atoms with Gasteiger partial charge in [-0.3, -0.25) is 0 Å². The quantitative estimate of drug-likeness (QED) is 0.716. The standard InChI is InChI=1S/C9H15F2NO2/c1-8(2,3)12-7(13)14-6-4-9(10,11)5-6/h6H,4-5H2,1-3H3,(H,12,13). The molecule has 1 rings (SSSR count). The lowest BCUT2D eigenvalue weighted by atomic mass is 9.91. The lowest BCUT2D eigenvalue weighted by molar-refractivity contribution is -0.144. The van der Waals surface area contributed by atoms with E-state index in [1.165, 1.54) is 0 Å². The van der Waals surface area contributed by atoms with E-state index in [9.17, 15) is 13.6 Å². The Labute approximate surface area is 81.8 Å². The maximum atomic E-state index is 12.4. The second-order valence-electron chi connectivity index (χ2n) is 4.67. The van der Waals surface area contributed by atoms with Gasteiger partial charge in [0.1, 0.15) is 6.10 Å². The third-order valence-electron chi connectivity index (χ3n) is 1.80. The summed E-state index contributed by atoms with van der Waals surface area (Å²) in [6.45, 7) is 5.39. The van der Waals surface area contributed by atoms with E-state index in [-0.39, 0.29) is 12.8 Å². The first-order valence-corrected chi connectivity index (χ1v) is 4.55. The number of alkyl carbamates (subject to hydrolysis) is 1. The highest BCUT2D eigenvalue weighted by atomic mass is 19.3. The average Bonchev–Trinajstić information content (AvgIpc) is 1.76. The Balaban J connectivity index is 2.24. The minimum absolute atomic E-state index is 0.357. The molecule has 1 aliphatic rings. The van der Waals surface area contributed by atoms with Crippen LogP contribution in [0, 0.1) is 0 Å². The Morgan fingerprint density at radius 2 is 1.93 bits per heavy atom. The molecule has 0 aromatic heterocycles. The van der Waals surface area contributed by atoms with Gasteiger partial charge in [0.2, 0.25) is 0 Å². The Bertz CT molecular complexity index is 227. The topological polar surface area (TPSA) is 38.3 Å². The van der Waals surface area contributed by atoms with Gasteiger partial charge < -0.3 is 10.1 Å². The van der Waals surface area contributed by atoms with Gasteiger partial charge in [0.05, 0.1) is 0 Å². The average molecular weight is 207 g/mol. The van der Waals surface area contributed by atoms with E-state index in [1.54, 1.807) is 20.8 Å². The van der Waals surface area contributed by atoms with Crippen LogP contribution < -0.4 is 5.32 Å². The Kier molecular flexibility index (Phi) is 2.69. The molecular formula is C9H15F2NO2. The van der Waals surface area contributed by atoms with Crippen molar-refractivity contribution in [3.63, 3.8) is 0 Å². The van der Waals surface area contributed by atoms with Crippen LogP contribution in [0.5, 0.6) is 0 Å². The fourth-order valence-corrected chi connectivity index (χ4v) is 1.18. The Morgan fingerprint density at radius 3 is 2.29 bits per heavy atom. The maximum absolute atomic E-state index is 12.4. The van der Waals surface area contributed by atoms with Crippen LogP contribution in [0.3, 0.4) is 0 Å². The van der Waals surface area contributed by atoms with Gasteiger partial charge in [-0.05, 0) is 20.8 Å². The fourth-order valence-electron chi connectivity index (χ4n) is 1.18. The summed E-state index contributed by atoms with van der Waals surface area (Å²) >= 11 is 0. The van der Waals surface area contributed by atoms with E-state index in [1.807, 2.05) is 0 Å². The van der Waals surface area contributed by atoms with Crippen molar-refractivity contribution >= 4 is 6.09 Å². The number of hydrogen-bond donors (Lipinski definition) is 1. The van der Waals surface area contributed by atoms with Crippen LogP contribution in [0.2, 0.25) is 0 Å². The molecule has 1 N–H and O–H groups in total. The van der Waals surface area contributed by atoms with Gasteiger partial charge in [0.15, 0.2) is 0 Å². The predicted octanol–water partition coefficient (Wildman–Crippen LogP) is 2.31. The first kappa shape index (κ1) is 11.2. The summed E-state index contributed by atoms with van der Waals surface area (Å²) in [6, 6.07) is 0. The molecule has 14 heavy (non-hydrogen) atoms. The number of halogens is 2. The lowest BCUT2D eigenvalue weighted by Crippen LogP contribution is -2.47. The van der Waals surface area contributed by atoms with Crippen LogP contribution >= 0.6 is 0 Å². The molecule has 5 heteroatoms. The van der Waals surface area contributed by atoms with Crippen molar-refractivity contribution < 1.29 is 18.3 Å². The van der Waals surface area contributed by atoms with E-state index in [4.69, 9.17) is 4.74 Å². The van der Waals surface area contributed by atoms with E-state index >= 15 is 0 Å². The number of amides is 1. The molecular weight excluding hydrogens is 192 g/mol. The van der Waals surface area contributed by atoms with Gasteiger partial charge >= 0.3 is 6.09 Å². The van der Waals surface area contributed by atoms with Crippen molar-refractivity contribution in [2.45, 2.75) is 51.2 Å². The zero-order valence-corrected chi connectivity index (χ0v) is 8.56. The second kappa shape index (κ2) is 3.37. The van der Waals surface area contributed by atoms with E-state index < -0.39 is 23.7 Å². The molecule has 0 aromatic carbocycles. The largest absolute Gasteiger partial charge is 0.446 e. The van der Waals surface area contributed by atoms with Gasteiger partial charge in [-0.25, -0.2) is 13.6 Å². The molecule has 0 saturated heterocycles. The van der Waals surface area contributed by atoms with Gasteiger partial charge in [0.25, 0.3) is 5.92 Å². The monoisotopic (exact) mass is 207 g/mol.